The average molecular weight is 324 g/mol. The molecule has 3 heterocycles. The number of halogens is 3. The molecule has 2 aromatic rings. The fourth-order valence-corrected chi connectivity index (χ4v) is 2.79. The summed E-state index contributed by atoms with van der Waals surface area (Å²) in [5.41, 5.74) is 1.36. The molecule has 1 unspecified atom stereocenters. The minimum atomic E-state index is -4.40. The van der Waals surface area contributed by atoms with Crippen LogP contribution in [0.2, 0.25) is 0 Å². The Balaban J connectivity index is 2.02. The number of nitrogens with zero attached hydrogens (tertiary/aromatic N) is 4. The number of pyridine rings is 1. The van der Waals surface area contributed by atoms with Crippen LogP contribution in [0, 0.1) is 13.8 Å². The lowest BCUT2D eigenvalue weighted by Gasteiger charge is -2.34. The Morgan fingerprint density at radius 3 is 2.74 bits per heavy atom. The van der Waals surface area contributed by atoms with Gasteiger partial charge in [0.15, 0.2) is 6.04 Å². The van der Waals surface area contributed by atoms with Gasteiger partial charge in [0.05, 0.1) is 11.3 Å². The number of amides is 1. The number of hydrogen-bond donors (Lipinski definition) is 0. The third-order valence-electron chi connectivity index (χ3n) is 3.90. The van der Waals surface area contributed by atoms with E-state index in [0.29, 0.717) is 17.0 Å². The van der Waals surface area contributed by atoms with Crippen molar-refractivity contribution in [2.24, 2.45) is 0 Å². The first-order valence-electron chi connectivity index (χ1n) is 7.15. The topological polar surface area (TPSA) is 51.0 Å². The number of fused-ring (bicyclic) bond motifs is 1. The molecular weight excluding hydrogens is 309 g/mol. The molecule has 23 heavy (non-hydrogen) atoms. The molecule has 0 spiro atoms. The van der Waals surface area contributed by atoms with Crippen LogP contribution in [-0.4, -0.2) is 33.4 Å². The van der Waals surface area contributed by atoms with Gasteiger partial charge in [0.2, 0.25) is 0 Å². The van der Waals surface area contributed by atoms with E-state index < -0.39 is 12.2 Å². The van der Waals surface area contributed by atoms with Gasteiger partial charge >= 0.3 is 6.18 Å². The van der Waals surface area contributed by atoms with E-state index in [2.05, 4.69) is 10.1 Å². The number of alkyl halides is 3. The SMILES string of the molecule is Cc1cc2n(n1)C(C(F)(F)F)CCN2C(=O)c1cccnc1C. The number of anilines is 1. The summed E-state index contributed by atoms with van der Waals surface area (Å²) in [5, 5.41) is 3.93. The number of aromatic nitrogens is 3. The highest BCUT2D eigenvalue weighted by Crippen LogP contribution is 2.39. The van der Waals surface area contributed by atoms with Gasteiger partial charge in [0.25, 0.3) is 5.91 Å². The largest absolute Gasteiger partial charge is 0.410 e. The van der Waals surface area contributed by atoms with Gasteiger partial charge in [-0.15, -0.1) is 0 Å². The molecule has 122 valence electrons. The number of hydrogen-bond acceptors (Lipinski definition) is 3. The minimum absolute atomic E-state index is 0.0114. The first-order valence-corrected chi connectivity index (χ1v) is 7.15. The molecule has 1 amide bonds. The number of carbonyl (C=O) groups excluding carboxylic acids is 1. The summed E-state index contributed by atoms with van der Waals surface area (Å²) in [4.78, 5) is 18.1. The zero-order valence-corrected chi connectivity index (χ0v) is 12.6. The maximum Gasteiger partial charge on any atom is 0.410 e. The molecule has 1 aliphatic rings. The Hall–Kier alpha value is -2.38. The number of rotatable bonds is 1. The normalized spacial score (nSPS) is 18.0. The van der Waals surface area contributed by atoms with Crippen LogP contribution in [0.1, 0.15) is 34.2 Å². The standard InChI is InChI=1S/C15H15F3N4O/c1-9-8-13-21(14(23)11-4-3-6-19-10(11)2)7-5-12(15(16,17)18)22(13)20-9/h3-4,6,8,12H,5,7H2,1-2H3. The Morgan fingerprint density at radius 1 is 1.35 bits per heavy atom. The first kappa shape index (κ1) is 15.5. The lowest BCUT2D eigenvalue weighted by Crippen LogP contribution is -2.43. The van der Waals surface area contributed by atoms with E-state index in [1.807, 2.05) is 0 Å². The van der Waals surface area contributed by atoms with Crippen LogP contribution in [0.15, 0.2) is 24.4 Å². The first-order chi connectivity index (χ1) is 10.8. The van der Waals surface area contributed by atoms with Crippen molar-refractivity contribution >= 4 is 11.7 Å². The molecular formula is C15H15F3N4O. The van der Waals surface area contributed by atoms with Crippen LogP contribution in [0.3, 0.4) is 0 Å². The van der Waals surface area contributed by atoms with E-state index >= 15 is 0 Å². The summed E-state index contributed by atoms with van der Waals surface area (Å²) in [6.07, 6.45) is -3.05. The number of aryl methyl sites for hydroxylation is 2. The van der Waals surface area contributed by atoms with Crippen molar-refractivity contribution in [3.05, 3.63) is 41.3 Å². The summed E-state index contributed by atoms with van der Waals surface area (Å²) >= 11 is 0. The van der Waals surface area contributed by atoms with Gasteiger partial charge in [-0.1, -0.05) is 0 Å². The minimum Gasteiger partial charge on any atom is -0.293 e. The van der Waals surface area contributed by atoms with Crippen molar-refractivity contribution in [2.45, 2.75) is 32.5 Å². The van der Waals surface area contributed by atoms with E-state index in [0.717, 1.165) is 4.68 Å². The quantitative estimate of drug-likeness (QED) is 0.810. The maximum atomic E-state index is 13.2. The molecule has 0 fully saturated rings. The van der Waals surface area contributed by atoms with Gasteiger partial charge in [0, 0.05) is 24.5 Å². The van der Waals surface area contributed by atoms with Gasteiger partial charge < -0.3 is 0 Å². The lowest BCUT2D eigenvalue weighted by molar-refractivity contribution is -0.172. The Labute approximate surface area is 130 Å². The highest BCUT2D eigenvalue weighted by atomic mass is 19.4. The molecule has 0 radical (unpaired) electrons. The monoisotopic (exact) mass is 324 g/mol. The van der Waals surface area contributed by atoms with Crippen molar-refractivity contribution in [3.8, 4) is 0 Å². The van der Waals surface area contributed by atoms with Crippen LogP contribution in [0.25, 0.3) is 0 Å². The summed E-state index contributed by atoms with van der Waals surface area (Å²) < 4.78 is 40.4. The van der Waals surface area contributed by atoms with Crippen molar-refractivity contribution in [2.75, 3.05) is 11.4 Å². The van der Waals surface area contributed by atoms with Crippen molar-refractivity contribution in [1.29, 1.82) is 0 Å². The Bertz CT molecular complexity index is 753. The van der Waals surface area contributed by atoms with Crippen LogP contribution in [0.5, 0.6) is 0 Å². The zero-order valence-electron chi connectivity index (χ0n) is 12.6. The van der Waals surface area contributed by atoms with Crippen molar-refractivity contribution in [3.63, 3.8) is 0 Å². The second-order valence-corrected chi connectivity index (χ2v) is 5.53. The molecule has 1 atom stereocenters. The molecule has 0 aliphatic carbocycles. The maximum absolute atomic E-state index is 13.2. The molecule has 0 bridgehead atoms. The van der Waals surface area contributed by atoms with E-state index in [1.165, 1.54) is 11.0 Å². The van der Waals surface area contributed by atoms with Gasteiger partial charge in [-0.05, 0) is 32.4 Å². The predicted octanol–water partition coefficient (Wildman–Crippen LogP) is 3.05. The van der Waals surface area contributed by atoms with Crippen molar-refractivity contribution < 1.29 is 18.0 Å². The predicted molar refractivity (Wildman–Crippen MR) is 77.3 cm³/mol. The second kappa shape index (κ2) is 5.36. The van der Waals surface area contributed by atoms with Crippen LogP contribution < -0.4 is 4.90 Å². The van der Waals surface area contributed by atoms with Crippen LogP contribution >= 0.6 is 0 Å². The fourth-order valence-electron chi connectivity index (χ4n) is 2.79. The van der Waals surface area contributed by atoms with E-state index in [4.69, 9.17) is 0 Å². The molecule has 3 rings (SSSR count). The Kier molecular flexibility index (Phi) is 3.62. The molecule has 1 aliphatic heterocycles. The van der Waals surface area contributed by atoms with Crippen molar-refractivity contribution in [1.82, 2.24) is 14.8 Å². The fraction of sp³-hybridized carbons (Fsp3) is 0.400. The van der Waals surface area contributed by atoms with E-state index in [-0.39, 0.29) is 24.7 Å². The van der Waals surface area contributed by atoms with E-state index in [9.17, 15) is 18.0 Å². The molecule has 0 saturated carbocycles. The molecule has 2 aromatic heterocycles. The van der Waals surface area contributed by atoms with Crippen LogP contribution in [0.4, 0.5) is 19.0 Å². The zero-order chi connectivity index (χ0) is 16.8. The van der Waals surface area contributed by atoms with Crippen LogP contribution in [-0.2, 0) is 0 Å². The van der Waals surface area contributed by atoms with Gasteiger partial charge in [-0.25, -0.2) is 4.68 Å². The van der Waals surface area contributed by atoms with Gasteiger partial charge in [-0.2, -0.15) is 18.3 Å². The molecule has 8 heteroatoms. The second-order valence-electron chi connectivity index (χ2n) is 5.53. The highest BCUT2D eigenvalue weighted by Gasteiger charge is 2.46. The van der Waals surface area contributed by atoms with Gasteiger partial charge in [-0.3, -0.25) is 14.7 Å². The molecule has 0 aromatic carbocycles. The summed E-state index contributed by atoms with van der Waals surface area (Å²) in [6, 6.07) is 3.05. The third-order valence-corrected chi connectivity index (χ3v) is 3.90. The third kappa shape index (κ3) is 2.69. The van der Waals surface area contributed by atoms with E-state index in [1.54, 1.807) is 32.2 Å². The summed E-state index contributed by atoms with van der Waals surface area (Å²) in [5.74, 6) is -0.193. The molecule has 0 saturated heterocycles. The highest BCUT2D eigenvalue weighted by molar-refractivity contribution is 6.06. The Morgan fingerprint density at radius 2 is 2.09 bits per heavy atom. The summed E-state index contributed by atoms with van der Waals surface area (Å²) in [7, 11) is 0. The molecule has 0 N–H and O–H groups in total. The van der Waals surface area contributed by atoms with Gasteiger partial charge in [0.1, 0.15) is 5.82 Å². The smallest absolute Gasteiger partial charge is 0.293 e. The molecule has 5 nitrogen and oxygen atoms in total. The lowest BCUT2D eigenvalue weighted by atomic mass is 10.1. The average Bonchev–Trinajstić information content (AvgIpc) is 2.85. The number of carbonyl (C=O) groups is 1. The summed E-state index contributed by atoms with van der Waals surface area (Å²) in [6.45, 7) is 3.29.